The number of fused-ring (bicyclic) bond motifs is 1. The van der Waals surface area contributed by atoms with E-state index in [1.807, 2.05) is 6.07 Å². The summed E-state index contributed by atoms with van der Waals surface area (Å²) in [4.78, 5) is 12.1. The van der Waals surface area contributed by atoms with E-state index in [1.54, 1.807) is 6.07 Å². The van der Waals surface area contributed by atoms with E-state index < -0.39 is 0 Å². The third kappa shape index (κ3) is 4.43. The van der Waals surface area contributed by atoms with Crippen LogP contribution >= 0.6 is 12.4 Å². The number of carbonyl (C=O) groups is 1. The van der Waals surface area contributed by atoms with Crippen LogP contribution in [0, 0.1) is 17.2 Å². The molecule has 1 aliphatic heterocycles. The van der Waals surface area contributed by atoms with Gasteiger partial charge >= 0.3 is 0 Å². The zero-order chi connectivity index (χ0) is 15.6. The number of hydrogen-bond donors (Lipinski definition) is 2. The van der Waals surface area contributed by atoms with Gasteiger partial charge in [-0.25, -0.2) is 4.39 Å². The Morgan fingerprint density at radius 3 is 2.73 bits per heavy atom. The second-order valence-electron chi connectivity index (χ2n) is 7.01. The topological polar surface area (TPSA) is 41.1 Å². The van der Waals surface area contributed by atoms with Gasteiger partial charge in [0.25, 0.3) is 0 Å². The van der Waals surface area contributed by atoms with Crippen molar-refractivity contribution >= 4 is 24.0 Å². The molecule has 2 rings (SSSR count). The molecule has 0 saturated heterocycles. The fourth-order valence-electron chi connectivity index (χ4n) is 2.42. The summed E-state index contributed by atoms with van der Waals surface area (Å²) in [5, 5.41) is 5.95. The molecule has 22 heavy (non-hydrogen) atoms. The highest BCUT2D eigenvalue weighted by Gasteiger charge is 2.23. The zero-order valence-corrected chi connectivity index (χ0v) is 14.6. The smallest absolute Gasteiger partial charge is 0.224 e. The molecule has 0 aromatic heterocycles. The molecule has 0 aliphatic carbocycles. The molecule has 1 aliphatic rings. The fraction of sp³-hybridized carbons (Fsp3) is 0.588. The van der Waals surface area contributed by atoms with E-state index in [0.29, 0.717) is 25.1 Å². The minimum absolute atomic E-state index is 0. The van der Waals surface area contributed by atoms with Crippen LogP contribution in [0.5, 0.6) is 0 Å². The molecular formula is C17H26ClFN2O. The summed E-state index contributed by atoms with van der Waals surface area (Å²) in [5.74, 6) is -0.154. The third-order valence-electron chi connectivity index (χ3n) is 4.45. The monoisotopic (exact) mass is 328 g/mol. The van der Waals surface area contributed by atoms with Crippen LogP contribution in [0.15, 0.2) is 12.1 Å². The van der Waals surface area contributed by atoms with Crippen molar-refractivity contribution in [2.24, 2.45) is 11.3 Å². The summed E-state index contributed by atoms with van der Waals surface area (Å²) < 4.78 is 14.4. The summed E-state index contributed by atoms with van der Waals surface area (Å²) >= 11 is 0. The third-order valence-corrected chi connectivity index (χ3v) is 4.45. The molecule has 124 valence electrons. The van der Waals surface area contributed by atoms with Crippen LogP contribution in [0.1, 0.15) is 45.2 Å². The van der Waals surface area contributed by atoms with Gasteiger partial charge in [0, 0.05) is 13.0 Å². The van der Waals surface area contributed by atoms with Crippen LogP contribution < -0.4 is 10.6 Å². The number of anilines is 1. The van der Waals surface area contributed by atoms with Gasteiger partial charge in [0.15, 0.2) is 0 Å². The molecule has 0 radical (unpaired) electrons. The summed E-state index contributed by atoms with van der Waals surface area (Å²) in [6, 6.07) is 3.56. The van der Waals surface area contributed by atoms with Crippen LogP contribution in [0.2, 0.25) is 0 Å². The molecule has 1 unspecified atom stereocenters. The second kappa shape index (κ2) is 7.42. The van der Waals surface area contributed by atoms with Crippen molar-refractivity contribution in [3.63, 3.8) is 0 Å². The number of carbonyl (C=O) groups excluding carboxylic acids is 1. The van der Waals surface area contributed by atoms with Crippen LogP contribution in [0.4, 0.5) is 10.1 Å². The maximum absolute atomic E-state index is 14.4. The number of halogens is 2. The summed E-state index contributed by atoms with van der Waals surface area (Å²) in [5.41, 5.74) is 2.09. The maximum Gasteiger partial charge on any atom is 0.224 e. The Hall–Kier alpha value is -1.13. The van der Waals surface area contributed by atoms with Crippen LogP contribution in [-0.4, -0.2) is 12.5 Å². The van der Waals surface area contributed by atoms with Gasteiger partial charge in [-0.3, -0.25) is 4.79 Å². The van der Waals surface area contributed by atoms with Crippen molar-refractivity contribution in [3.8, 4) is 0 Å². The van der Waals surface area contributed by atoms with Gasteiger partial charge in [0.1, 0.15) is 5.82 Å². The van der Waals surface area contributed by atoms with Crippen molar-refractivity contribution in [1.29, 1.82) is 0 Å². The predicted molar refractivity (Wildman–Crippen MR) is 90.9 cm³/mol. The largest absolute Gasteiger partial charge is 0.324 e. The van der Waals surface area contributed by atoms with Crippen LogP contribution in [0.3, 0.4) is 0 Å². The Balaban J connectivity index is 0.00000242. The lowest BCUT2D eigenvalue weighted by molar-refractivity contribution is -0.117. The first-order valence-electron chi connectivity index (χ1n) is 7.60. The standard InChI is InChI=1S/C17H25FN2O.ClH/c1-11(17(2,3)4)9-15(21)20-14-6-5-12-10-19-8-7-13(12)16(14)18;/h5-6,11,19H,7-10H2,1-4H3,(H,20,21);1H. The lowest BCUT2D eigenvalue weighted by Crippen LogP contribution is -2.26. The zero-order valence-electron chi connectivity index (χ0n) is 13.8. The Labute approximate surface area is 138 Å². The molecule has 5 heteroatoms. The molecule has 0 spiro atoms. The normalized spacial score (nSPS) is 15.5. The first-order chi connectivity index (χ1) is 9.79. The average molecular weight is 329 g/mol. The Kier molecular flexibility index (Phi) is 6.38. The summed E-state index contributed by atoms with van der Waals surface area (Å²) in [7, 11) is 0. The number of amides is 1. The predicted octanol–water partition coefficient (Wildman–Crippen LogP) is 3.90. The molecule has 0 saturated carbocycles. The molecule has 1 amide bonds. The first-order valence-corrected chi connectivity index (χ1v) is 7.60. The van der Waals surface area contributed by atoms with Gasteiger partial charge in [0.05, 0.1) is 5.69 Å². The molecule has 1 aromatic carbocycles. The van der Waals surface area contributed by atoms with Crippen molar-refractivity contribution in [2.75, 3.05) is 11.9 Å². The van der Waals surface area contributed by atoms with Gasteiger partial charge in [-0.2, -0.15) is 0 Å². The van der Waals surface area contributed by atoms with Gasteiger partial charge < -0.3 is 10.6 Å². The second-order valence-corrected chi connectivity index (χ2v) is 7.01. The average Bonchev–Trinajstić information content (AvgIpc) is 2.41. The van der Waals surface area contributed by atoms with Crippen LogP contribution in [0.25, 0.3) is 0 Å². The minimum Gasteiger partial charge on any atom is -0.324 e. The highest BCUT2D eigenvalue weighted by atomic mass is 35.5. The molecule has 1 aromatic rings. The fourth-order valence-corrected chi connectivity index (χ4v) is 2.42. The number of rotatable bonds is 3. The maximum atomic E-state index is 14.4. The Morgan fingerprint density at radius 1 is 1.41 bits per heavy atom. The van der Waals surface area contributed by atoms with Crippen molar-refractivity contribution < 1.29 is 9.18 Å². The number of nitrogens with one attached hydrogen (secondary N) is 2. The van der Waals surface area contributed by atoms with Crippen LogP contribution in [-0.2, 0) is 17.8 Å². The van der Waals surface area contributed by atoms with Crippen molar-refractivity contribution in [1.82, 2.24) is 5.32 Å². The highest BCUT2D eigenvalue weighted by molar-refractivity contribution is 5.91. The molecule has 3 nitrogen and oxygen atoms in total. The summed E-state index contributed by atoms with van der Waals surface area (Å²) in [6.45, 7) is 9.85. The van der Waals surface area contributed by atoms with E-state index in [1.165, 1.54) is 0 Å². The van der Waals surface area contributed by atoms with E-state index in [4.69, 9.17) is 0 Å². The quantitative estimate of drug-likeness (QED) is 0.883. The van der Waals surface area contributed by atoms with Gasteiger partial charge in [-0.05, 0) is 41.5 Å². The molecule has 0 fully saturated rings. The van der Waals surface area contributed by atoms with Gasteiger partial charge in [0.2, 0.25) is 5.91 Å². The molecule has 1 heterocycles. The SMILES string of the molecule is CC(CC(=O)Nc1ccc2c(c1F)CCNC2)C(C)(C)C.Cl. The van der Waals surface area contributed by atoms with Gasteiger partial charge in [-0.1, -0.05) is 33.8 Å². The number of benzene rings is 1. The van der Waals surface area contributed by atoms with E-state index in [2.05, 4.69) is 38.3 Å². The van der Waals surface area contributed by atoms with E-state index in [-0.39, 0.29) is 35.5 Å². The van der Waals surface area contributed by atoms with Crippen molar-refractivity contribution in [3.05, 3.63) is 29.1 Å². The molecular weight excluding hydrogens is 303 g/mol. The highest BCUT2D eigenvalue weighted by Crippen LogP contribution is 2.29. The summed E-state index contributed by atoms with van der Waals surface area (Å²) in [6.07, 6.45) is 1.07. The lowest BCUT2D eigenvalue weighted by atomic mass is 9.80. The van der Waals surface area contributed by atoms with Crippen molar-refractivity contribution in [2.45, 2.75) is 47.1 Å². The van der Waals surface area contributed by atoms with E-state index >= 15 is 0 Å². The number of hydrogen-bond acceptors (Lipinski definition) is 2. The first kappa shape index (κ1) is 18.9. The van der Waals surface area contributed by atoms with E-state index in [9.17, 15) is 9.18 Å². The Bertz CT molecular complexity index is 540. The molecule has 2 N–H and O–H groups in total. The van der Waals surface area contributed by atoms with E-state index in [0.717, 1.165) is 17.7 Å². The van der Waals surface area contributed by atoms with Gasteiger partial charge in [-0.15, -0.1) is 12.4 Å². The molecule has 0 bridgehead atoms. The molecule has 1 atom stereocenters. The lowest BCUT2D eigenvalue weighted by Gasteiger charge is -2.26. The minimum atomic E-state index is -0.272. The Morgan fingerprint density at radius 2 is 2.09 bits per heavy atom.